The molecule has 1 aromatic carbocycles. The SMILES string of the molecule is CC(C)NCCc1nnc(-c2cccc(Cl)c2Cl)o1. The van der Waals surface area contributed by atoms with Gasteiger partial charge in [0.05, 0.1) is 15.6 Å². The van der Waals surface area contributed by atoms with E-state index >= 15 is 0 Å². The lowest BCUT2D eigenvalue weighted by molar-refractivity contribution is 0.484. The molecule has 0 aliphatic rings. The van der Waals surface area contributed by atoms with Crippen LogP contribution in [0, 0.1) is 0 Å². The molecule has 0 unspecified atom stereocenters. The van der Waals surface area contributed by atoms with Crippen molar-refractivity contribution in [2.24, 2.45) is 0 Å². The lowest BCUT2D eigenvalue weighted by Crippen LogP contribution is -2.25. The van der Waals surface area contributed by atoms with Gasteiger partial charge in [-0.25, -0.2) is 0 Å². The van der Waals surface area contributed by atoms with Crippen molar-refractivity contribution in [1.29, 1.82) is 0 Å². The monoisotopic (exact) mass is 299 g/mol. The molecule has 0 saturated carbocycles. The second kappa shape index (κ2) is 6.37. The smallest absolute Gasteiger partial charge is 0.249 e. The Balaban J connectivity index is 2.10. The average Bonchev–Trinajstić information content (AvgIpc) is 2.81. The number of hydrogen-bond acceptors (Lipinski definition) is 4. The average molecular weight is 300 g/mol. The summed E-state index contributed by atoms with van der Waals surface area (Å²) in [5, 5.41) is 12.2. The van der Waals surface area contributed by atoms with Crippen molar-refractivity contribution in [2.45, 2.75) is 26.3 Å². The molecule has 0 saturated heterocycles. The Kier molecular flexibility index (Phi) is 4.80. The fraction of sp³-hybridized carbons (Fsp3) is 0.385. The van der Waals surface area contributed by atoms with Gasteiger partial charge in [-0.05, 0) is 12.1 Å². The molecule has 2 aromatic rings. The van der Waals surface area contributed by atoms with Gasteiger partial charge in [-0.15, -0.1) is 10.2 Å². The molecule has 19 heavy (non-hydrogen) atoms. The Morgan fingerprint density at radius 2 is 2.05 bits per heavy atom. The van der Waals surface area contributed by atoms with Gasteiger partial charge in [0.2, 0.25) is 11.8 Å². The summed E-state index contributed by atoms with van der Waals surface area (Å²) in [4.78, 5) is 0. The number of rotatable bonds is 5. The van der Waals surface area contributed by atoms with Gasteiger partial charge >= 0.3 is 0 Å². The molecule has 0 bridgehead atoms. The third-order valence-corrected chi connectivity index (χ3v) is 3.36. The van der Waals surface area contributed by atoms with Crippen LogP contribution in [0.4, 0.5) is 0 Å². The molecule has 1 heterocycles. The second-order valence-corrected chi connectivity index (χ2v) is 5.25. The van der Waals surface area contributed by atoms with Gasteiger partial charge in [0.25, 0.3) is 0 Å². The Morgan fingerprint density at radius 1 is 1.26 bits per heavy atom. The standard InChI is InChI=1S/C13H15Cl2N3O/c1-8(2)16-7-6-11-17-18-13(19-11)9-4-3-5-10(14)12(9)15/h3-5,8,16H,6-7H2,1-2H3. The normalized spacial score (nSPS) is 11.2. The van der Waals surface area contributed by atoms with Crippen molar-refractivity contribution < 1.29 is 4.42 Å². The highest BCUT2D eigenvalue weighted by Gasteiger charge is 2.13. The summed E-state index contributed by atoms with van der Waals surface area (Å²) in [6, 6.07) is 5.76. The van der Waals surface area contributed by atoms with Gasteiger partial charge in [0, 0.05) is 19.0 Å². The van der Waals surface area contributed by atoms with E-state index in [0.29, 0.717) is 39.9 Å². The number of nitrogens with zero attached hydrogens (tertiary/aromatic N) is 2. The van der Waals surface area contributed by atoms with Crippen LogP contribution in [-0.2, 0) is 6.42 Å². The van der Waals surface area contributed by atoms with Crippen molar-refractivity contribution in [1.82, 2.24) is 15.5 Å². The molecule has 0 amide bonds. The fourth-order valence-corrected chi connectivity index (χ4v) is 1.98. The minimum atomic E-state index is 0.395. The quantitative estimate of drug-likeness (QED) is 0.917. The van der Waals surface area contributed by atoms with Crippen LogP contribution in [0.3, 0.4) is 0 Å². The van der Waals surface area contributed by atoms with Crippen LogP contribution in [0.2, 0.25) is 10.0 Å². The molecule has 0 radical (unpaired) electrons. The van der Waals surface area contributed by atoms with E-state index in [4.69, 9.17) is 27.6 Å². The molecule has 0 atom stereocenters. The van der Waals surface area contributed by atoms with E-state index in [1.807, 2.05) is 0 Å². The molecule has 1 N–H and O–H groups in total. The third-order valence-electron chi connectivity index (χ3n) is 2.54. The van der Waals surface area contributed by atoms with E-state index in [2.05, 4.69) is 29.4 Å². The zero-order chi connectivity index (χ0) is 13.8. The summed E-state index contributed by atoms with van der Waals surface area (Å²) in [7, 11) is 0. The zero-order valence-corrected chi connectivity index (χ0v) is 12.3. The minimum Gasteiger partial charge on any atom is -0.421 e. The molecule has 6 heteroatoms. The number of benzene rings is 1. The van der Waals surface area contributed by atoms with E-state index in [1.165, 1.54) is 0 Å². The maximum atomic E-state index is 6.11. The lowest BCUT2D eigenvalue weighted by Gasteiger charge is -2.04. The van der Waals surface area contributed by atoms with Gasteiger partial charge in [-0.1, -0.05) is 43.1 Å². The third kappa shape index (κ3) is 3.69. The summed E-state index contributed by atoms with van der Waals surface area (Å²) in [5.41, 5.74) is 0.657. The van der Waals surface area contributed by atoms with Crippen molar-refractivity contribution >= 4 is 23.2 Å². The molecule has 0 aliphatic carbocycles. The molecule has 0 spiro atoms. The second-order valence-electron chi connectivity index (χ2n) is 4.46. The summed E-state index contributed by atoms with van der Waals surface area (Å²) < 4.78 is 5.58. The highest BCUT2D eigenvalue weighted by molar-refractivity contribution is 6.43. The summed E-state index contributed by atoms with van der Waals surface area (Å²) in [6.07, 6.45) is 0.684. The molecule has 4 nitrogen and oxygen atoms in total. The Bertz CT molecular complexity index is 555. The summed E-state index contributed by atoms with van der Waals surface area (Å²) in [6.45, 7) is 4.97. The molecule has 0 fully saturated rings. The first kappa shape index (κ1) is 14.3. The van der Waals surface area contributed by atoms with Gasteiger partial charge in [0.15, 0.2) is 0 Å². The Morgan fingerprint density at radius 3 is 2.79 bits per heavy atom. The van der Waals surface area contributed by atoms with Crippen LogP contribution in [0.1, 0.15) is 19.7 Å². The van der Waals surface area contributed by atoms with Crippen LogP contribution in [0.25, 0.3) is 11.5 Å². The predicted octanol–water partition coefficient (Wildman–Crippen LogP) is 3.58. The highest BCUT2D eigenvalue weighted by atomic mass is 35.5. The van der Waals surface area contributed by atoms with Gasteiger partial charge < -0.3 is 9.73 Å². The predicted molar refractivity (Wildman–Crippen MR) is 76.6 cm³/mol. The molecular formula is C13H15Cl2N3O. The Labute approximate surface area is 122 Å². The van der Waals surface area contributed by atoms with E-state index in [-0.39, 0.29) is 0 Å². The van der Waals surface area contributed by atoms with Gasteiger partial charge in [-0.3, -0.25) is 0 Å². The number of halogens is 2. The van der Waals surface area contributed by atoms with E-state index in [9.17, 15) is 0 Å². The first-order valence-corrected chi connectivity index (χ1v) is 6.83. The summed E-state index contributed by atoms with van der Waals surface area (Å²) in [5.74, 6) is 0.978. The first-order valence-electron chi connectivity index (χ1n) is 6.08. The van der Waals surface area contributed by atoms with E-state index in [0.717, 1.165) is 6.54 Å². The highest BCUT2D eigenvalue weighted by Crippen LogP contribution is 2.32. The minimum absolute atomic E-state index is 0.395. The fourth-order valence-electron chi connectivity index (χ4n) is 1.60. The number of aromatic nitrogens is 2. The number of hydrogen-bond donors (Lipinski definition) is 1. The topological polar surface area (TPSA) is 51.0 Å². The van der Waals surface area contributed by atoms with Crippen molar-refractivity contribution in [2.75, 3.05) is 6.54 Å². The first-order chi connectivity index (χ1) is 9.08. The van der Waals surface area contributed by atoms with Gasteiger partial charge in [0.1, 0.15) is 0 Å². The van der Waals surface area contributed by atoms with Crippen LogP contribution in [-0.4, -0.2) is 22.8 Å². The van der Waals surface area contributed by atoms with Crippen molar-refractivity contribution in [3.63, 3.8) is 0 Å². The van der Waals surface area contributed by atoms with Crippen molar-refractivity contribution in [3.8, 4) is 11.5 Å². The molecule has 1 aromatic heterocycles. The molecule has 2 rings (SSSR count). The Hall–Kier alpha value is -1.10. The maximum Gasteiger partial charge on any atom is 0.249 e. The largest absolute Gasteiger partial charge is 0.421 e. The molecule has 0 aliphatic heterocycles. The molecular weight excluding hydrogens is 285 g/mol. The maximum absolute atomic E-state index is 6.11. The van der Waals surface area contributed by atoms with E-state index < -0.39 is 0 Å². The van der Waals surface area contributed by atoms with Crippen LogP contribution >= 0.6 is 23.2 Å². The zero-order valence-electron chi connectivity index (χ0n) is 10.8. The number of nitrogens with one attached hydrogen (secondary N) is 1. The van der Waals surface area contributed by atoms with Gasteiger partial charge in [-0.2, -0.15) is 0 Å². The van der Waals surface area contributed by atoms with Crippen LogP contribution < -0.4 is 5.32 Å². The van der Waals surface area contributed by atoms with Crippen molar-refractivity contribution in [3.05, 3.63) is 34.1 Å². The van der Waals surface area contributed by atoms with Crippen LogP contribution in [0.15, 0.2) is 22.6 Å². The van der Waals surface area contributed by atoms with E-state index in [1.54, 1.807) is 18.2 Å². The van der Waals surface area contributed by atoms with Crippen LogP contribution in [0.5, 0.6) is 0 Å². The lowest BCUT2D eigenvalue weighted by atomic mass is 10.2. The summed E-state index contributed by atoms with van der Waals surface area (Å²) >= 11 is 12.1. The molecule has 102 valence electrons.